The van der Waals surface area contributed by atoms with Gasteiger partial charge in [-0.05, 0) is 105 Å². The molecule has 6 atom stereocenters. The molecule has 2 amide bonds. The number of halogens is 1. The van der Waals surface area contributed by atoms with Crippen molar-refractivity contribution < 1.29 is 28.0 Å². The third kappa shape index (κ3) is 8.61. The van der Waals surface area contributed by atoms with Crippen molar-refractivity contribution in [3.63, 3.8) is 0 Å². The van der Waals surface area contributed by atoms with Crippen molar-refractivity contribution >= 4 is 39.7 Å². The highest BCUT2D eigenvalue weighted by molar-refractivity contribution is 7.76. The highest BCUT2D eigenvalue weighted by atomic mass is 35.5. The van der Waals surface area contributed by atoms with Gasteiger partial charge in [-0.1, -0.05) is 36.7 Å². The van der Waals surface area contributed by atoms with E-state index >= 15 is 0 Å². The maximum atomic E-state index is 14.0. The number of carbonyl (C=O) groups excluding carboxylic acids is 2. The molecule has 0 saturated heterocycles. The Hall–Kier alpha value is -3.87. The molecule has 274 valence electrons. The summed E-state index contributed by atoms with van der Waals surface area (Å²) in [5, 5.41) is 6.85. The van der Waals surface area contributed by atoms with E-state index in [2.05, 4.69) is 37.9 Å². The maximum Gasteiger partial charge on any atom is 0.285 e. The fourth-order valence-corrected chi connectivity index (χ4v) is 8.67. The SMILES string of the molecule is CCO[C@H]1/C=C/C[C@H](C)C(NC(=O)c2cn(C)nc2OC)/[SH](=O)=N\C(=O)c2ccc3c(c2)N(Cc2ccc(Cl)cc2CCCCO3)C[C@@H]2CC[C@H]21. The summed E-state index contributed by atoms with van der Waals surface area (Å²) in [6.45, 7) is 6.36. The Morgan fingerprint density at radius 3 is 2.76 bits per heavy atom. The summed E-state index contributed by atoms with van der Waals surface area (Å²) in [6.07, 6.45) is 10.9. The third-order valence-electron chi connectivity index (χ3n) is 10.2. The first-order valence-electron chi connectivity index (χ1n) is 17.8. The summed E-state index contributed by atoms with van der Waals surface area (Å²) < 4.78 is 37.7. The van der Waals surface area contributed by atoms with Crippen LogP contribution in [0.4, 0.5) is 5.69 Å². The largest absolute Gasteiger partial charge is 0.491 e. The summed E-state index contributed by atoms with van der Waals surface area (Å²) in [5.41, 5.74) is 3.68. The molecular weight excluding hydrogens is 690 g/mol. The second-order valence-corrected chi connectivity index (χ2v) is 15.5. The summed E-state index contributed by atoms with van der Waals surface area (Å²) in [5.74, 6) is 0.0115. The van der Waals surface area contributed by atoms with Crippen molar-refractivity contribution in [2.75, 3.05) is 31.8 Å². The molecule has 2 unspecified atom stereocenters. The molecule has 3 aromatic rings. The first-order chi connectivity index (χ1) is 24.6. The Kier molecular flexibility index (Phi) is 12.0. The van der Waals surface area contributed by atoms with Crippen LogP contribution >= 0.6 is 11.6 Å². The van der Waals surface area contributed by atoms with Gasteiger partial charge in [-0.25, -0.2) is 0 Å². The van der Waals surface area contributed by atoms with E-state index < -0.39 is 27.8 Å². The van der Waals surface area contributed by atoms with Crippen LogP contribution in [0.1, 0.15) is 77.8 Å². The minimum atomic E-state index is -2.59. The molecule has 2 aromatic carbocycles. The van der Waals surface area contributed by atoms with E-state index in [1.165, 1.54) is 29.1 Å². The number of amides is 2. The Morgan fingerprint density at radius 2 is 2.00 bits per heavy atom. The van der Waals surface area contributed by atoms with Gasteiger partial charge < -0.3 is 24.4 Å². The molecule has 1 aliphatic carbocycles. The van der Waals surface area contributed by atoms with Crippen LogP contribution in [0.5, 0.6) is 11.6 Å². The van der Waals surface area contributed by atoms with Crippen LogP contribution in [0.25, 0.3) is 0 Å². The quantitative estimate of drug-likeness (QED) is 0.228. The molecular formula is C38H48ClN5O6S. The van der Waals surface area contributed by atoms with Crippen LogP contribution in [0, 0.1) is 17.8 Å². The summed E-state index contributed by atoms with van der Waals surface area (Å²) in [4.78, 5) is 29.6. The molecule has 0 radical (unpaired) electrons. The van der Waals surface area contributed by atoms with Crippen molar-refractivity contribution in [3.8, 4) is 11.6 Å². The number of carbonyl (C=O) groups is 2. The van der Waals surface area contributed by atoms with Crippen molar-refractivity contribution in [3.05, 3.63) is 82.0 Å². The van der Waals surface area contributed by atoms with Crippen LogP contribution < -0.4 is 19.7 Å². The lowest BCUT2D eigenvalue weighted by atomic mass is 9.70. The fraction of sp³-hybridized carbons (Fsp3) is 0.500. The normalized spacial score (nSPS) is 26.5. The summed E-state index contributed by atoms with van der Waals surface area (Å²) >= 11 is 6.47. The molecule has 2 aliphatic heterocycles. The van der Waals surface area contributed by atoms with E-state index in [0.717, 1.165) is 44.3 Å². The third-order valence-corrected chi connectivity index (χ3v) is 11.9. The van der Waals surface area contributed by atoms with Gasteiger partial charge in [0.2, 0.25) is 5.88 Å². The Labute approximate surface area is 306 Å². The Balaban J connectivity index is 1.43. The van der Waals surface area contributed by atoms with Crippen molar-refractivity contribution in [2.45, 2.75) is 70.4 Å². The molecule has 3 heterocycles. The molecule has 13 heteroatoms. The fourth-order valence-electron chi connectivity index (χ4n) is 7.27. The predicted octanol–water partition coefficient (Wildman–Crippen LogP) is 6.39. The zero-order chi connectivity index (χ0) is 36.1. The number of nitrogens with one attached hydrogen (secondary N) is 1. The molecule has 0 spiro atoms. The molecule has 11 nitrogen and oxygen atoms in total. The smallest absolute Gasteiger partial charge is 0.285 e. The van der Waals surface area contributed by atoms with Crippen molar-refractivity contribution in [1.29, 1.82) is 0 Å². The van der Waals surface area contributed by atoms with Crippen LogP contribution in [-0.2, 0) is 35.3 Å². The van der Waals surface area contributed by atoms with Gasteiger partial charge in [0.1, 0.15) is 16.7 Å². The highest BCUT2D eigenvalue weighted by Gasteiger charge is 2.38. The molecule has 6 rings (SSSR count). The van der Waals surface area contributed by atoms with E-state index in [1.807, 2.05) is 38.1 Å². The van der Waals surface area contributed by atoms with Crippen LogP contribution in [0.2, 0.25) is 5.02 Å². The molecule has 2 bridgehead atoms. The Bertz CT molecular complexity index is 1860. The zero-order valence-electron chi connectivity index (χ0n) is 29.7. The average Bonchev–Trinajstić information content (AvgIpc) is 3.48. The molecule has 1 fully saturated rings. The van der Waals surface area contributed by atoms with Gasteiger partial charge >= 0.3 is 0 Å². The summed E-state index contributed by atoms with van der Waals surface area (Å²) in [7, 11) is 0.529. The average molecular weight is 738 g/mol. The number of rotatable bonds is 5. The maximum absolute atomic E-state index is 14.0. The topological polar surface area (TPSA) is 124 Å². The first-order valence-corrected chi connectivity index (χ1v) is 19.5. The first kappa shape index (κ1) is 36.9. The monoisotopic (exact) mass is 737 g/mol. The second-order valence-electron chi connectivity index (χ2n) is 13.7. The number of fused-ring (bicyclic) bond motifs is 3. The zero-order valence-corrected chi connectivity index (χ0v) is 31.4. The van der Waals surface area contributed by atoms with Gasteiger partial charge in [0, 0.05) is 43.5 Å². The van der Waals surface area contributed by atoms with Gasteiger partial charge in [0.25, 0.3) is 11.8 Å². The van der Waals surface area contributed by atoms with E-state index in [1.54, 1.807) is 13.1 Å². The number of hydrogen-bond acceptors (Lipinski definition) is 8. The van der Waals surface area contributed by atoms with Gasteiger partial charge in [-0.3, -0.25) is 18.5 Å². The van der Waals surface area contributed by atoms with E-state index in [-0.39, 0.29) is 23.5 Å². The Morgan fingerprint density at radius 1 is 1.16 bits per heavy atom. The van der Waals surface area contributed by atoms with E-state index in [9.17, 15) is 13.8 Å². The van der Waals surface area contributed by atoms with Crippen LogP contribution in [-0.4, -0.2) is 64.1 Å². The number of nitrogens with zero attached hydrogens (tertiary/aromatic N) is 4. The number of aryl methyl sites for hydroxylation is 2. The number of aromatic nitrogens is 2. The number of anilines is 1. The summed E-state index contributed by atoms with van der Waals surface area (Å²) in [6, 6.07) is 11.4. The number of methoxy groups -OCH3 is 1. The van der Waals surface area contributed by atoms with Gasteiger partial charge in [-0.2, -0.15) is 4.36 Å². The molecule has 1 aromatic heterocycles. The minimum Gasteiger partial charge on any atom is -0.491 e. The van der Waals surface area contributed by atoms with Crippen molar-refractivity contribution in [1.82, 2.24) is 15.1 Å². The van der Waals surface area contributed by atoms with Gasteiger partial charge in [0.05, 0.1) is 36.1 Å². The van der Waals surface area contributed by atoms with Gasteiger partial charge in [-0.15, -0.1) is 5.10 Å². The lowest BCUT2D eigenvalue weighted by Crippen LogP contribution is -2.44. The number of benzene rings is 2. The van der Waals surface area contributed by atoms with E-state index in [0.29, 0.717) is 54.4 Å². The number of thiol groups is 1. The van der Waals surface area contributed by atoms with E-state index in [4.69, 9.17) is 25.8 Å². The number of ether oxygens (including phenoxy) is 3. The second kappa shape index (κ2) is 16.6. The molecule has 3 aliphatic rings. The lowest BCUT2D eigenvalue weighted by molar-refractivity contribution is -0.00852. The standard InChI is InChI=1S/C38H48ClN5O6S/c1-5-49-33-11-8-9-24(2)38(40-36(46)31-23-43(3)41-37(31)48-4)51(47)42-35(45)26-14-17-34-32(20-26)44(22-28-13-16-30(28)33)21-27-12-15-29(39)19-25(27)10-6-7-18-50-34/h8,11-12,14-15,17,19-20,23-24,28,30,33,38,51H,5-7,9-10,13,16,18,21-22H2,1-4H3,(H,40,46)/b11-8+/t24-,28-,30+,33-,38?/m0/s1. The van der Waals surface area contributed by atoms with Crippen LogP contribution in [0.15, 0.2) is 59.1 Å². The molecule has 1 N–H and O–H groups in total. The van der Waals surface area contributed by atoms with Gasteiger partial charge in [0.15, 0.2) is 0 Å². The van der Waals surface area contributed by atoms with Crippen molar-refractivity contribution in [2.24, 2.45) is 29.2 Å². The minimum absolute atomic E-state index is 0.0985. The highest BCUT2D eigenvalue weighted by Crippen LogP contribution is 2.42. The number of hydrogen-bond donors (Lipinski definition) is 2. The molecule has 1 saturated carbocycles. The number of allylic oxidation sites excluding steroid dienone is 1. The predicted molar refractivity (Wildman–Crippen MR) is 199 cm³/mol. The lowest BCUT2D eigenvalue weighted by Gasteiger charge is -2.44. The van der Waals surface area contributed by atoms with Crippen LogP contribution in [0.3, 0.4) is 0 Å². The molecule has 51 heavy (non-hydrogen) atoms.